The molecule has 4 nitrogen and oxygen atoms in total. The van der Waals surface area contributed by atoms with Gasteiger partial charge in [-0.3, -0.25) is 4.68 Å². The first kappa shape index (κ1) is 12.2. The number of ether oxygens (including phenoxy) is 1. The molecule has 0 atom stereocenters. The normalized spacial score (nSPS) is 11.2. The molecule has 15 heavy (non-hydrogen) atoms. The molecule has 0 aromatic carbocycles. The van der Waals surface area contributed by atoms with E-state index in [0.29, 0.717) is 12.5 Å². The first-order valence-corrected chi connectivity index (χ1v) is 5.51. The van der Waals surface area contributed by atoms with Crippen LogP contribution in [0, 0.1) is 5.92 Å². The molecule has 1 aromatic rings. The summed E-state index contributed by atoms with van der Waals surface area (Å²) < 4.78 is 7.37. The minimum atomic E-state index is 0.550. The Hall–Kier alpha value is -0.870. The highest BCUT2D eigenvalue weighted by atomic mass is 16.5. The predicted octanol–water partition coefficient (Wildman–Crippen LogP) is 1.40. The molecule has 4 heteroatoms. The van der Waals surface area contributed by atoms with E-state index in [1.54, 1.807) is 6.20 Å². The lowest BCUT2D eigenvalue weighted by Gasteiger charge is -2.06. The molecule has 0 unspecified atom stereocenters. The van der Waals surface area contributed by atoms with Crippen molar-refractivity contribution in [2.45, 2.75) is 33.4 Å². The molecule has 1 rings (SSSR count). The Morgan fingerprint density at radius 2 is 2.27 bits per heavy atom. The Balaban J connectivity index is 2.09. The molecule has 0 saturated heterocycles. The maximum absolute atomic E-state index is 5.50. The third-order valence-electron chi connectivity index (χ3n) is 2.23. The van der Waals surface area contributed by atoms with Crippen LogP contribution in [-0.2, 0) is 17.8 Å². The van der Waals surface area contributed by atoms with Crippen LogP contribution in [0.3, 0.4) is 0 Å². The quantitative estimate of drug-likeness (QED) is 0.694. The van der Waals surface area contributed by atoms with Gasteiger partial charge < -0.3 is 10.5 Å². The molecule has 0 aliphatic heterocycles. The van der Waals surface area contributed by atoms with Crippen molar-refractivity contribution in [3.63, 3.8) is 0 Å². The fourth-order valence-corrected chi connectivity index (χ4v) is 1.21. The highest BCUT2D eigenvalue weighted by molar-refractivity contribution is 5.02. The summed E-state index contributed by atoms with van der Waals surface area (Å²) in [6, 6.07) is 0. The van der Waals surface area contributed by atoms with Gasteiger partial charge in [0, 0.05) is 24.9 Å². The van der Waals surface area contributed by atoms with E-state index in [4.69, 9.17) is 10.5 Å². The lowest BCUT2D eigenvalue weighted by Crippen LogP contribution is -2.08. The van der Waals surface area contributed by atoms with E-state index in [-0.39, 0.29) is 0 Å². The van der Waals surface area contributed by atoms with Gasteiger partial charge in [0.15, 0.2) is 0 Å². The van der Waals surface area contributed by atoms with Crippen LogP contribution in [0.15, 0.2) is 12.4 Å². The first-order chi connectivity index (χ1) is 7.22. The smallest absolute Gasteiger partial charge is 0.0662 e. The van der Waals surface area contributed by atoms with Crippen molar-refractivity contribution in [1.29, 1.82) is 0 Å². The number of hydrogen-bond acceptors (Lipinski definition) is 3. The number of nitrogens with zero attached hydrogens (tertiary/aromatic N) is 2. The van der Waals surface area contributed by atoms with Crippen LogP contribution in [-0.4, -0.2) is 23.0 Å². The van der Waals surface area contributed by atoms with Gasteiger partial charge >= 0.3 is 0 Å². The topological polar surface area (TPSA) is 53.1 Å². The van der Waals surface area contributed by atoms with Gasteiger partial charge in [0.05, 0.1) is 19.3 Å². The highest BCUT2D eigenvalue weighted by Crippen LogP contribution is 1.99. The molecule has 0 saturated carbocycles. The Morgan fingerprint density at radius 1 is 1.47 bits per heavy atom. The monoisotopic (exact) mass is 211 g/mol. The number of nitrogens with two attached hydrogens (primary N) is 1. The van der Waals surface area contributed by atoms with Gasteiger partial charge in [-0.25, -0.2) is 0 Å². The van der Waals surface area contributed by atoms with Gasteiger partial charge in [-0.2, -0.15) is 5.10 Å². The fourth-order valence-electron chi connectivity index (χ4n) is 1.21. The van der Waals surface area contributed by atoms with Gasteiger partial charge in [-0.05, 0) is 12.3 Å². The van der Waals surface area contributed by atoms with E-state index in [2.05, 4.69) is 18.9 Å². The predicted molar refractivity (Wildman–Crippen MR) is 60.4 cm³/mol. The third-order valence-corrected chi connectivity index (χ3v) is 2.23. The van der Waals surface area contributed by atoms with Gasteiger partial charge in [0.25, 0.3) is 0 Å². The second-order valence-corrected chi connectivity index (χ2v) is 4.11. The van der Waals surface area contributed by atoms with Gasteiger partial charge in [-0.15, -0.1) is 0 Å². The molecule has 2 N–H and O–H groups in total. The van der Waals surface area contributed by atoms with E-state index in [1.807, 2.05) is 10.9 Å². The maximum Gasteiger partial charge on any atom is 0.0662 e. The Bertz CT molecular complexity index is 271. The number of aromatic nitrogens is 2. The van der Waals surface area contributed by atoms with Crippen molar-refractivity contribution >= 4 is 0 Å². The highest BCUT2D eigenvalue weighted by Gasteiger charge is 1.97. The third kappa shape index (κ3) is 4.95. The fraction of sp³-hybridized carbons (Fsp3) is 0.727. The summed E-state index contributed by atoms with van der Waals surface area (Å²) in [5.41, 5.74) is 6.56. The average molecular weight is 211 g/mol. The largest absolute Gasteiger partial charge is 0.380 e. The van der Waals surface area contributed by atoms with Crippen molar-refractivity contribution in [3.05, 3.63) is 18.0 Å². The molecule has 1 heterocycles. The molecule has 0 aliphatic rings. The Morgan fingerprint density at radius 3 is 2.87 bits per heavy atom. The molecule has 0 aliphatic carbocycles. The summed E-state index contributed by atoms with van der Waals surface area (Å²) in [6.07, 6.45) is 4.88. The first-order valence-electron chi connectivity index (χ1n) is 5.51. The SMILES string of the molecule is CC(C)CCOCCn1cc(CN)cn1. The maximum atomic E-state index is 5.50. The van der Waals surface area contributed by atoms with Crippen LogP contribution >= 0.6 is 0 Å². The van der Waals surface area contributed by atoms with Crippen LogP contribution < -0.4 is 5.73 Å². The summed E-state index contributed by atoms with van der Waals surface area (Å²) in [4.78, 5) is 0. The molecule has 0 spiro atoms. The van der Waals surface area contributed by atoms with E-state index in [9.17, 15) is 0 Å². The summed E-state index contributed by atoms with van der Waals surface area (Å²) in [7, 11) is 0. The van der Waals surface area contributed by atoms with E-state index in [0.717, 1.165) is 31.7 Å². The van der Waals surface area contributed by atoms with Gasteiger partial charge in [-0.1, -0.05) is 13.8 Å². The van der Waals surface area contributed by atoms with Crippen molar-refractivity contribution in [1.82, 2.24) is 9.78 Å². The zero-order valence-electron chi connectivity index (χ0n) is 9.65. The number of hydrogen-bond donors (Lipinski definition) is 1. The standard InChI is InChI=1S/C11H21N3O/c1-10(2)3-5-15-6-4-14-9-11(7-12)8-13-14/h8-10H,3-7,12H2,1-2H3. The second kappa shape index (κ2) is 6.58. The molecule has 0 amide bonds. The minimum Gasteiger partial charge on any atom is -0.380 e. The van der Waals surface area contributed by atoms with Crippen LogP contribution in [0.1, 0.15) is 25.8 Å². The lowest BCUT2D eigenvalue weighted by atomic mass is 10.1. The zero-order valence-corrected chi connectivity index (χ0v) is 9.65. The molecule has 0 radical (unpaired) electrons. The Kier molecular flexibility index (Phi) is 5.36. The molecule has 0 fully saturated rings. The molecular weight excluding hydrogens is 190 g/mol. The summed E-state index contributed by atoms with van der Waals surface area (Å²) >= 11 is 0. The average Bonchev–Trinajstić information content (AvgIpc) is 2.65. The molecule has 86 valence electrons. The number of rotatable bonds is 7. The van der Waals surface area contributed by atoms with Crippen molar-refractivity contribution in [3.8, 4) is 0 Å². The van der Waals surface area contributed by atoms with Crippen LogP contribution in [0.4, 0.5) is 0 Å². The van der Waals surface area contributed by atoms with Crippen molar-refractivity contribution in [2.24, 2.45) is 11.7 Å². The van der Waals surface area contributed by atoms with Crippen LogP contribution in [0.25, 0.3) is 0 Å². The van der Waals surface area contributed by atoms with Gasteiger partial charge in [0.2, 0.25) is 0 Å². The van der Waals surface area contributed by atoms with Crippen molar-refractivity contribution < 1.29 is 4.74 Å². The zero-order chi connectivity index (χ0) is 11.1. The lowest BCUT2D eigenvalue weighted by molar-refractivity contribution is 0.114. The van der Waals surface area contributed by atoms with E-state index in [1.165, 1.54) is 0 Å². The van der Waals surface area contributed by atoms with Crippen LogP contribution in [0.2, 0.25) is 0 Å². The minimum absolute atomic E-state index is 0.550. The van der Waals surface area contributed by atoms with E-state index < -0.39 is 0 Å². The molecule has 1 aromatic heterocycles. The Labute approximate surface area is 91.4 Å². The van der Waals surface area contributed by atoms with E-state index >= 15 is 0 Å². The second-order valence-electron chi connectivity index (χ2n) is 4.11. The molecular formula is C11H21N3O. The summed E-state index contributed by atoms with van der Waals surface area (Å²) in [6.45, 7) is 7.31. The summed E-state index contributed by atoms with van der Waals surface area (Å²) in [5, 5.41) is 4.18. The molecule has 0 bridgehead atoms. The van der Waals surface area contributed by atoms with Gasteiger partial charge in [0.1, 0.15) is 0 Å². The van der Waals surface area contributed by atoms with Crippen molar-refractivity contribution in [2.75, 3.05) is 13.2 Å². The van der Waals surface area contributed by atoms with Crippen LogP contribution in [0.5, 0.6) is 0 Å². The summed E-state index contributed by atoms with van der Waals surface area (Å²) in [5.74, 6) is 0.707.